The van der Waals surface area contributed by atoms with Crippen LogP contribution in [0, 0.1) is 0 Å². The maximum Gasteiger partial charge on any atom is 0.123 e. The second-order valence-electron chi connectivity index (χ2n) is 5.86. The lowest BCUT2D eigenvalue weighted by molar-refractivity contribution is 0.289. The van der Waals surface area contributed by atoms with Gasteiger partial charge in [-0.1, -0.05) is 39.0 Å². The van der Waals surface area contributed by atoms with Gasteiger partial charge in [0.15, 0.2) is 0 Å². The van der Waals surface area contributed by atoms with E-state index in [0.29, 0.717) is 6.61 Å². The van der Waals surface area contributed by atoms with E-state index in [1.807, 2.05) is 19.1 Å². The summed E-state index contributed by atoms with van der Waals surface area (Å²) in [6.07, 6.45) is 2.81. The number of ether oxygens (including phenoxy) is 1. The van der Waals surface area contributed by atoms with Gasteiger partial charge in [0.05, 0.1) is 0 Å². The van der Waals surface area contributed by atoms with Gasteiger partial charge in [0.1, 0.15) is 12.4 Å². The van der Waals surface area contributed by atoms with Crippen LogP contribution < -0.4 is 10.5 Å². The lowest BCUT2D eigenvalue weighted by Gasteiger charge is -2.24. The lowest BCUT2D eigenvalue weighted by atomic mass is 9.85. The first kappa shape index (κ1) is 14.8. The van der Waals surface area contributed by atoms with Crippen molar-refractivity contribution in [3.05, 3.63) is 42.0 Å². The van der Waals surface area contributed by atoms with Crippen LogP contribution in [0.4, 0.5) is 0 Å². The number of hydrogen-bond acceptors (Lipinski definition) is 2. The van der Waals surface area contributed by atoms with E-state index in [9.17, 15) is 0 Å². The molecule has 1 aromatic rings. The molecule has 0 amide bonds. The Morgan fingerprint density at radius 3 is 2.56 bits per heavy atom. The Bertz CT molecular complexity index is 402. The van der Waals surface area contributed by atoms with Gasteiger partial charge in [-0.15, -0.1) is 6.58 Å². The van der Waals surface area contributed by atoms with Crippen molar-refractivity contribution in [3.8, 4) is 5.75 Å². The second kappa shape index (κ2) is 6.05. The molecule has 0 saturated heterocycles. The molecular formula is C16H25NO. The zero-order valence-corrected chi connectivity index (χ0v) is 12.0. The second-order valence-corrected chi connectivity index (χ2v) is 5.86. The van der Waals surface area contributed by atoms with Gasteiger partial charge in [0.2, 0.25) is 0 Å². The van der Waals surface area contributed by atoms with Crippen LogP contribution in [0.25, 0.3) is 0 Å². The summed E-state index contributed by atoms with van der Waals surface area (Å²) in [6.45, 7) is 12.9. The van der Waals surface area contributed by atoms with Gasteiger partial charge in [-0.3, -0.25) is 0 Å². The third-order valence-corrected chi connectivity index (χ3v) is 2.73. The Kier molecular flexibility index (Phi) is 4.97. The van der Waals surface area contributed by atoms with Crippen molar-refractivity contribution in [1.82, 2.24) is 0 Å². The molecule has 0 aromatic heterocycles. The van der Waals surface area contributed by atoms with Crippen molar-refractivity contribution in [2.24, 2.45) is 5.73 Å². The number of allylic oxidation sites excluding steroid dienone is 1. The maximum atomic E-state index is 5.81. The molecule has 18 heavy (non-hydrogen) atoms. The third kappa shape index (κ3) is 4.19. The molecule has 0 spiro atoms. The molecule has 0 fully saturated rings. The Morgan fingerprint density at radius 1 is 1.39 bits per heavy atom. The number of nitrogens with two attached hydrogens (primary N) is 1. The summed E-state index contributed by atoms with van der Waals surface area (Å²) in [4.78, 5) is 0. The van der Waals surface area contributed by atoms with Gasteiger partial charge in [-0.2, -0.15) is 0 Å². The molecule has 0 aliphatic carbocycles. The van der Waals surface area contributed by atoms with Gasteiger partial charge < -0.3 is 10.5 Å². The molecule has 0 heterocycles. The predicted molar refractivity (Wildman–Crippen MR) is 78.2 cm³/mol. The lowest BCUT2D eigenvalue weighted by Crippen LogP contribution is -2.25. The first-order valence-corrected chi connectivity index (χ1v) is 6.47. The fraction of sp³-hybridized carbons (Fsp3) is 0.500. The molecule has 0 radical (unpaired) electrons. The zero-order chi connectivity index (χ0) is 13.8. The zero-order valence-electron chi connectivity index (χ0n) is 12.0. The SMILES string of the molecule is C=CCc1ccc(OCC(C)N)c(C(C)(C)C)c1. The molecule has 0 aliphatic rings. The van der Waals surface area contributed by atoms with Crippen LogP contribution in [0.3, 0.4) is 0 Å². The first-order chi connectivity index (χ1) is 8.34. The summed E-state index contributed by atoms with van der Waals surface area (Å²) in [7, 11) is 0. The quantitative estimate of drug-likeness (QED) is 0.809. The van der Waals surface area contributed by atoms with Crippen LogP contribution in [0.1, 0.15) is 38.8 Å². The molecule has 1 rings (SSSR count). The maximum absolute atomic E-state index is 5.81. The van der Waals surface area contributed by atoms with Crippen molar-refractivity contribution in [2.45, 2.75) is 45.6 Å². The highest BCUT2D eigenvalue weighted by atomic mass is 16.5. The molecule has 1 unspecified atom stereocenters. The first-order valence-electron chi connectivity index (χ1n) is 6.47. The monoisotopic (exact) mass is 247 g/mol. The van der Waals surface area contributed by atoms with E-state index in [1.54, 1.807) is 0 Å². The highest BCUT2D eigenvalue weighted by Gasteiger charge is 2.19. The molecule has 1 aromatic carbocycles. The molecule has 0 saturated carbocycles. The largest absolute Gasteiger partial charge is 0.492 e. The number of rotatable bonds is 5. The van der Waals surface area contributed by atoms with Gasteiger partial charge in [0, 0.05) is 6.04 Å². The summed E-state index contributed by atoms with van der Waals surface area (Å²) < 4.78 is 5.81. The fourth-order valence-corrected chi connectivity index (χ4v) is 1.80. The van der Waals surface area contributed by atoms with Crippen LogP contribution >= 0.6 is 0 Å². The van der Waals surface area contributed by atoms with Crippen LogP contribution in [0.2, 0.25) is 0 Å². The third-order valence-electron chi connectivity index (χ3n) is 2.73. The van der Waals surface area contributed by atoms with Crippen LogP contribution in [0.15, 0.2) is 30.9 Å². The smallest absolute Gasteiger partial charge is 0.123 e. The molecule has 1 atom stereocenters. The summed E-state index contributed by atoms with van der Waals surface area (Å²) in [5.74, 6) is 0.938. The van der Waals surface area contributed by atoms with Crippen LogP contribution in [-0.4, -0.2) is 12.6 Å². The van der Waals surface area contributed by atoms with E-state index in [2.05, 4.69) is 39.5 Å². The van der Waals surface area contributed by atoms with E-state index in [0.717, 1.165) is 12.2 Å². The normalized spacial score (nSPS) is 13.2. The minimum absolute atomic E-state index is 0.0469. The Labute approximate surface area is 111 Å². The van der Waals surface area contributed by atoms with Gasteiger partial charge >= 0.3 is 0 Å². The molecule has 0 bridgehead atoms. The minimum atomic E-state index is 0.0469. The van der Waals surface area contributed by atoms with Gasteiger partial charge in [0.25, 0.3) is 0 Å². The van der Waals surface area contributed by atoms with Crippen molar-refractivity contribution >= 4 is 0 Å². The number of benzene rings is 1. The summed E-state index contributed by atoms with van der Waals surface area (Å²) in [5.41, 5.74) is 8.29. The van der Waals surface area contributed by atoms with Crippen molar-refractivity contribution in [1.29, 1.82) is 0 Å². The highest BCUT2D eigenvalue weighted by Crippen LogP contribution is 2.32. The summed E-state index contributed by atoms with van der Waals surface area (Å²) in [5, 5.41) is 0. The van der Waals surface area contributed by atoms with Crippen LogP contribution in [-0.2, 0) is 11.8 Å². The molecule has 100 valence electrons. The predicted octanol–water partition coefficient (Wildman–Crippen LogP) is 3.44. The molecule has 2 N–H and O–H groups in total. The van der Waals surface area contributed by atoms with Gasteiger partial charge in [-0.25, -0.2) is 0 Å². The van der Waals surface area contributed by atoms with Gasteiger partial charge in [-0.05, 0) is 36.0 Å². The Balaban J connectivity index is 3.05. The van der Waals surface area contributed by atoms with E-state index >= 15 is 0 Å². The average molecular weight is 247 g/mol. The topological polar surface area (TPSA) is 35.2 Å². The van der Waals surface area contributed by atoms with Crippen molar-refractivity contribution < 1.29 is 4.74 Å². The highest BCUT2D eigenvalue weighted by molar-refractivity contribution is 5.42. The molecular weight excluding hydrogens is 222 g/mol. The minimum Gasteiger partial charge on any atom is -0.492 e. The Morgan fingerprint density at radius 2 is 2.06 bits per heavy atom. The molecule has 2 heteroatoms. The summed E-state index contributed by atoms with van der Waals surface area (Å²) >= 11 is 0. The van der Waals surface area contributed by atoms with E-state index in [4.69, 9.17) is 10.5 Å². The standard InChI is InChI=1S/C16H25NO/c1-6-7-13-8-9-15(18-11-12(2)17)14(10-13)16(3,4)5/h6,8-10,12H,1,7,11,17H2,2-5H3. The van der Waals surface area contributed by atoms with Crippen LogP contribution in [0.5, 0.6) is 5.75 Å². The fourth-order valence-electron chi connectivity index (χ4n) is 1.80. The van der Waals surface area contributed by atoms with E-state index in [1.165, 1.54) is 11.1 Å². The molecule has 0 aliphatic heterocycles. The average Bonchev–Trinajstić information content (AvgIpc) is 2.26. The van der Waals surface area contributed by atoms with Crippen molar-refractivity contribution in [3.63, 3.8) is 0 Å². The van der Waals surface area contributed by atoms with E-state index in [-0.39, 0.29) is 11.5 Å². The Hall–Kier alpha value is -1.28. The molecule has 2 nitrogen and oxygen atoms in total. The summed E-state index contributed by atoms with van der Waals surface area (Å²) in [6, 6.07) is 6.39. The number of hydrogen-bond donors (Lipinski definition) is 1. The van der Waals surface area contributed by atoms with E-state index < -0.39 is 0 Å². The van der Waals surface area contributed by atoms with Crippen molar-refractivity contribution in [2.75, 3.05) is 6.61 Å².